The van der Waals surface area contributed by atoms with Gasteiger partial charge in [-0.15, -0.1) is 0 Å². The van der Waals surface area contributed by atoms with Crippen molar-refractivity contribution in [2.24, 2.45) is 7.05 Å². The SMILES string of the molecule is Cc1cc(C)nc(C2CCCN2S(=O)(=O)c2cn(C)cn2)n1. The second-order valence-corrected chi connectivity index (χ2v) is 7.50. The Kier molecular flexibility index (Phi) is 3.73. The normalized spacial score (nSPS) is 19.7. The number of hydrogen-bond donors (Lipinski definition) is 0. The molecule has 2 aromatic rings. The zero-order valence-corrected chi connectivity index (χ0v) is 13.7. The second-order valence-electron chi connectivity index (χ2n) is 5.66. The van der Waals surface area contributed by atoms with Gasteiger partial charge >= 0.3 is 0 Å². The number of rotatable bonds is 3. The van der Waals surface area contributed by atoms with Crippen LogP contribution >= 0.6 is 0 Å². The lowest BCUT2D eigenvalue weighted by atomic mass is 10.2. The summed E-state index contributed by atoms with van der Waals surface area (Å²) in [4.78, 5) is 12.9. The lowest BCUT2D eigenvalue weighted by Gasteiger charge is -2.22. The molecular formula is C14H19N5O2S. The summed E-state index contributed by atoms with van der Waals surface area (Å²) in [6.45, 7) is 4.26. The number of aryl methyl sites for hydroxylation is 3. The summed E-state index contributed by atoms with van der Waals surface area (Å²) in [6.07, 6.45) is 4.54. The molecule has 0 radical (unpaired) electrons. The summed E-state index contributed by atoms with van der Waals surface area (Å²) in [7, 11) is -1.87. The molecule has 1 aliphatic heterocycles. The Hall–Kier alpha value is -1.80. The Morgan fingerprint density at radius 2 is 1.91 bits per heavy atom. The summed E-state index contributed by atoms with van der Waals surface area (Å²) in [5.41, 5.74) is 1.70. The predicted molar refractivity (Wildman–Crippen MR) is 80.6 cm³/mol. The van der Waals surface area contributed by atoms with Gasteiger partial charge in [0.1, 0.15) is 5.82 Å². The smallest absolute Gasteiger partial charge is 0.262 e. The largest absolute Gasteiger partial charge is 0.339 e. The summed E-state index contributed by atoms with van der Waals surface area (Å²) in [5.74, 6) is 0.578. The molecule has 0 saturated carbocycles. The topological polar surface area (TPSA) is 81.0 Å². The zero-order chi connectivity index (χ0) is 15.9. The first-order valence-corrected chi connectivity index (χ1v) is 8.64. The molecular weight excluding hydrogens is 302 g/mol. The van der Waals surface area contributed by atoms with Crippen LogP contribution in [0, 0.1) is 13.8 Å². The highest BCUT2D eigenvalue weighted by Gasteiger charge is 2.38. The first-order chi connectivity index (χ1) is 10.4. The third-order valence-corrected chi connectivity index (χ3v) is 5.55. The molecule has 1 saturated heterocycles. The zero-order valence-electron chi connectivity index (χ0n) is 12.9. The molecule has 3 heterocycles. The molecule has 118 valence electrons. The molecule has 0 spiro atoms. The van der Waals surface area contributed by atoms with Crippen LogP contribution in [0.25, 0.3) is 0 Å². The minimum atomic E-state index is -3.62. The van der Waals surface area contributed by atoms with Crippen molar-refractivity contribution >= 4 is 10.0 Å². The number of aromatic nitrogens is 4. The van der Waals surface area contributed by atoms with Gasteiger partial charge in [0.25, 0.3) is 10.0 Å². The van der Waals surface area contributed by atoms with Crippen LogP contribution in [0.15, 0.2) is 23.6 Å². The van der Waals surface area contributed by atoms with Crippen LogP contribution in [0.1, 0.15) is 36.1 Å². The van der Waals surface area contributed by atoms with Crippen LogP contribution in [0.5, 0.6) is 0 Å². The first kappa shape index (κ1) is 15.1. The van der Waals surface area contributed by atoms with Crippen LogP contribution < -0.4 is 0 Å². The molecule has 8 heteroatoms. The van der Waals surface area contributed by atoms with E-state index >= 15 is 0 Å². The van der Waals surface area contributed by atoms with E-state index in [1.54, 1.807) is 11.6 Å². The van der Waals surface area contributed by atoms with Gasteiger partial charge in [0.15, 0.2) is 5.03 Å². The lowest BCUT2D eigenvalue weighted by Crippen LogP contribution is -2.32. The average Bonchev–Trinajstić information content (AvgIpc) is 3.06. The van der Waals surface area contributed by atoms with E-state index < -0.39 is 10.0 Å². The molecule has 1 unspecified atom stereocenters. The van der Waals surface area contributed by atoms with Crippen molar-refractivity contribution in [1.29, 1.82) is 0 Å². The van der Waals surface area contributed by atoms with E-state index in [1.807, 2.05) is 19.9 Å². The third kappa shape index (κ3) is 2.64. The number of hydrogen-bond acceptors (Lipinski definition) is 5. The van der Waals surface area contributed by atoms with Gasteiger partial charge in [-0.05, 0) is 32.8 Å². The van der Waals surface area contributed by atoms with Crippen LogP contribution in [-0.4, -0.2) is 38.8 Å². The lowest BCUT2D eigenvalue weighted by molar-refractivity contribution is 0.381. The van der Waals surface area contributed by atoms with Crippen molar-refractivity contribution in [3.8, 4) is 0 Å². The highest BCUT2D eigenvalue weighted by atomic mass is 32.2. The molecule has 22 heavy (non-hydrogen) atoms. The monoisotopic (exact) mass is 321 g/mol. The van der Waals surface area contributed by atoms with Gasteiger partial charge in [-0.1, -0.05) is 0 Å². The Bertz CT molecular complexity index is 779. The second kappa shape index (κ2) is 5.44. The molecule has 7 nitrogen and oxygen atoms in total. The number of imidazole rings is 1. The van der Waals surface area contributed by atoms with Crippen LogP contribution in [0.3, 0.4) is 0 Å². The molecule has 0 aromatic carbocycles. The van der Waals surface area contributed by atoms with Gasteiger partial charge in [0.2, 0.25) is 0 Å². The van der Waals surface area contributed by atoms with Crippen molar-refractivity contribution in [1.82, 2.24) is 23.8 Å². The minimum absolute atomic E-state index is 0.0753. The van der Waals surface area contributed by atoms with Crippen molar-refractivity contribution in [2.75, 3.05) is 6.54 Å². The highest BCUT2D eigenvalue weighted by Crippen LogP contribution is 2.34. The highest BCUT2D eigenvalue weighted by molar-refractivity contribution is 7.89. The van der Waals surface area contributed by atoms with E-state index in [0.29, 0.717) is 12.4 Å². The molecule has 1 fully saturated rings. The molecule has 0 aliphatic carbocycles. The Morgan fingerprint density at radius 1 is 1.23 bits per heavy atom. The maximum Gasteiger partial charge on any atom is 0.262 e. The molecule has 1 aliphatic rings. The molecule has 0 amide bonds. The van der Waals surface area contributed by atoms with Gasteiger partial charge in [-0.3, -0.25) is 0 Å². The molecule has 1 atom stereocenters. The van der Waals surface area contributed by atoms with Gasteiger partial charge in [-0.2, -0.15) is 4.31 Å². The van der Waals surface area contributed by atoms with Crippen LogP contribution in [-0.2, 0) is 17.1 Å². The Balaban J connectivity index is 1.99. The van der Waals surface area contributed by atoms with Gasteiger partial charge in [0.05, 0.1) is 12.4 Å². The fourth-order valence-electron chi connectivity index (χ4n) is 2.83. The molecule has 0 bridgehead atoms. The maximum atomic E-state index is 12.8. The molecule has 0 N–H and O–H groups in total. The standard InChI is InChI=1S/C14H19N5O2S/c1-10-7-11(2)17-14(16-10)12-5-4-6-19(12)22(20,21)13-8-18(3)9-15-13/h7-9,12H,4-6H2,1-3H3. The Labute approximate surface area is 130 Å². The fourth-order valence-corrected chi connectivity index (χ4v) is 4.45. The predicted octanol–water partition coefficient (Wildman–Crippen LogP) is 1.35. The number of sulfonamides is 1. The molecule has 3 rings (SSSR count). The van der Waals surface area contributed by atoms with E-state index in [2.05, 4.69) is 15.0 Å². The minimum Gasteiger partial charge on any atom is -0.339 e. The Morgan fingerprint density at radius 3 is 2.50 bits per heavy atom. The molecule has 2 aromatic heterocycles. The quantitative estimate of drug-likeness (QED) is 0.852. The summed E-state index contributed by atoms with van der Waals surface area (Å²) >= 11 is 0. The third-order valence-electron chi connectivity index (χ3n) is 3.76. The van der Waals surface area contributed by atoms with Crippen LogP contribution in [0.4, 0.5) is 0 Å². The van der Waals surface area contributed by atoms with Crippen molar-refractivity contribution < 1.29 is 8.42 Å². The fraction of sp³-hybridized carbons (Fsp3) is 0.500. The van der Waals surface area contributed by atoms with E-state index in [0.717, 1.165) is 24.2 Å². The van der Waals surface area contributed by atoms with E-state index in [9.17, 15) is 8.42 Å². The van der Waals surface area contributed by atoms with Crippen molar-refractivity contribution in [3.05, 3.63) is 35.8 Å². The average molecular weight is 321 g/mol. The first-order valence-electron chi connectivity index (χ1n) is 7.20. The van der Waals surface area contributed by atoms with E-state index in [-0.39, 0.29) is 11.1 Å². The maximum absolute atomic E-state index is 12.8. The van der Waals surface area contributed by atoms with Crippen molar-refractivity contribution in [2.45, 2.75) is 37.8 Å². The summed E-state index contributed by atoms with van der Waals surface area (Å²) in [5, 5.41) is 0.0753. The summed E-state index contributed by atoms with van der Waals surface area (Å²) in [6, 6.07) is 1.57. The van der Waals surface area contributed by atoms with Crippen LogP contribution in [0.2, 0.25) is 0 Å². The van der Waals surface area contributed by atoms with Gasteiger partial charge < -0.3 is 4.57 Å². The number of nitrogens with zero attached hydrogens (tertiary/aromatic N) is 5. The summed E-state index contributed by atoms with van der Waals surface area (Å²) < 4.78 is 28.7. The van der Waals surface area contributed by atoms with Gasteiger partial charge in [0, 0.05) is 31.2 Å². The van der Waals surface area contributed by atoms with Gasteiger partial charge in [-0.25, -0.2) is 23.4 Å². The van der Waals surface area contributed by atoms with E-state index in [4.69, 9.17) is 0 Å². The van der Waals surface area contributed by atoms with Crippen molar-refractivity contribution in [3.63, 3.8) is 0 Å². The van der Waals surface area contributed by atoms with E-state index in [1.165, 1.54) is 16.8 Å².